The van der Waals surface area contributed by atoms with E-state index in [0.717, 1.165) is 17.5 Å². The summed E-state index contributed by atoms with van der Waals surface area (Å²) in [6.07, 6.45) is 1.53. The molecule has 2 atom stereocenters. The molecule has 0 radical (unpaired) electrons. The quantitative estimate of drug-likeness (QED) is 0.670. The Hall–Kier alpha value is -3.11. The Morgan fingerprint density at radius 2 is 1.62 bits per heavy atom. The second kappa shape index (κ2) is 8.10. The molecule has 3 aromatic carbocycles. The number of amides is 2. The van der Waals surface area contributed by atoms with Crippen molar-refractivity contribution in [1.82, 2.24) is 4.90 Å². The molecule has 0 fully saturated rings. The molecule has 2 N–H and O–H groups in total. The molecule has 3 aromatic rings. The van der Waals surface area contributed by atoms with Crippen LogP contribution in [-0.2, 0) is 11.2 Å². The Morgan fingerprint density at radius 1 is 0.966 bits per heavy atom. The lowest BCUT2D eigenvalue weighted by Crippen LogP contribution is -2.43. The molecule has 0 heterocycles. The van der Waals surface area contributed by atoms with Gasteiger partial charge in [-0.1, -0.05) is 66.2 Å². The van der Waals surface area contributed by atoms with E-state index in [-0.39, 0.29) is 11.9 Å². The third-order valence-electron chi connectivity index (χ3n) is 5.41. The zero-order valence-electron chi connectivity index (χ0n) is 15.8. The lowest BCUT2D eigenvalue weighted by Gasteiger charge is -2.36. The number of carbonyl (C=O) groups is 2. The van der Waals surface area contributed by atoms with Crippen molar-refractivity contribution in [2.45, 2.75) is 24.9 Å². The molecule has 0 saturated carbocycles. The molecule has 0 bridgehead atoms. The lowest BCUT2D eigenvalue weighted by molar-refractivity contribution is -0.123. The van der Waals surface area contributed by atoms with Crippen LogP contribution >= 0.6 is 11.6 Å². The zero-order valence-corrected chi connectivity index (χ0v) is 16.5. The van der Waals surface area contributed by atoms with E-state index in [1.807, 2.05) is 66.7 Å². The standard InChI is InChI=1S/C24H21ClN2O2/c25-19-13-11-16-12-14-21(20(16)15-19)27(24(29)18-9-5-2-6-10-18)22(23(26)28)17-7-3-1-4-8-17/h1-11,13,15,21-22H,12,14H2,(H2,26,28)/t21-,22+/m1/s1. The summed E-state index contributed by atoms with van der Waals surface area (Å²) in [4.78, 5) is 27.9. The van der Waals surface area contributed by atoms with Crippen molar-refractivity contribution in [2.75, 3.05) is 0 Å². The van der Waals surface area contributed by atoms with Gasteiger partial charge in [-0.05, 0) is 53.8 Å². The summed E-state index contributed by atoms with van der Waals surface area (Å²) in [6, 6.07) is 22.8. The van der Waals surface area contributed by atoms with E-state index in [9.17, 15) is 9.59 Å². The number of benzene rings is 3. The lowest BCUT2D eigenvalue weighted by atomic mass is 9.98. The Labute approximate surface area is 174 Å². The smallest absolute Gasteiger partial charge is 0.255 e. The van der Waals surface area contributed by atoms with Crippen LogP contribution in [0.25, 0.3) is 0 Å². The fourth-order valence-electron chi connectivity index (χ4n) is 4.11. The first-order valence-corrected chi connectivity index (χ1v) is 9.94. The first-order chi connectivity index (χ1) is 14.1. The van der Waals surface area contributed by atoms with Gasteiger partial charge >= 0.3 is 0 Å². The van der Waals surface area contributed by atoms with Gasteiger partial charge in [-0.15, -0.1) is 0 Å². The minimum atomic E-state index is -0.876. The minimum Gasteiger partial charge on any atom is -0.368 e. The van der Waals surface area contributed by atoms with Gasteiger partial charge < -0.3 is 10.6 Å². The van der Waals surface area contributed by atoms with E-state index in [2.05, 4.69) is 0 Å². The van der Waals surface area contributed by atoms with Gasteiger partial charge in [0.05, 0.1) is 6.04 Å². The van der Waals surface area contributed by atoms with Crippen LogP contribution in [0, 0.1) is 0 Å². The van der Waals surface area contributed by atoms with Gasteiger partial charge in [0, 0.05) is 10.6 Å². The monoisotopic (exact) mass is 404 g/mol. The van der Waals surface area contributed by atoms with Crippen LogP contribution in [0.15, 0.2) is 78.9 Å². The van der Waals surface area contributed by atoms with Crippen LogP contribution in [0.1, 0.15) is 45.6 Å². The average Bonchev–Trinajstić information content (AvgIpc) is 3.15. The van der Waals surface area contributed by atoms with E-state index in [0.29, 0.717) is 22.6 Å². The predicted octanol–water partition coefficient (Wildman–Crippen LogP) is 4.70. The molecular weight excluding hydrogens is 384 g/mol. The van der Waals surface area contributed by atoms with Gasteiger partial charge in [-0.3, -0.25) is 9.59 Å². The molecule has 0 aromatic heterocycles. The molecular formula is C24H21ClN2O2. The van der Waals surface area contributed by atoms with Crippen molar-refractivity contribution < 1.29 is 9.59 Å². The van der Waals surface area contributed by atoms with E-state index >= 15 is 0 Å². The molecule has 0 aliphatic heterocycles. The maximum absolute atomic E-state index is 13.6. The normalized spacial score (nSPS) is 16.1. The Kier molecular flexibility index (Phi) is 5.36. The number of hydrogen-bond acceptors (Lipinski definition) is 2. The zero-order chi connectivity index (χ0) is 20.4. The highest BCUT2D eigenvalue weighted by molar-refractivity contribution is 6.30. The number of halogens is 1. The number of fused-ring (bicyclic) bond motifs is 1. The number of rotatable bonds is 5. The third-order valence-corrected chi connectivity index (χ3v) is 5.64. The number of primary amides is 1. The highest BCUT2D eigenvalue weighted by Crippen LogP contribution is 2.42. The maximum Gasteiger partial charge on any atom is 0.255 e. The van der Waals surface area contributed by atoms with Crippen molar-refractivity contribution in [3.63, 3.8) is 0 Å². The largest absolute Gasteiger partial charge is 0.368 e. The van der Waals surface area contributed by atoms with Crippen molar-refractivity contribution in [3.05, 3.63) is 106 Å². The number of hydrogen-bond donors (Lipinski definition) is 1. The van der Waals surface area contributed by atoms with E-state index in [4.69, 9.17) is 17.3 Å². The first kappa shape index (κ1) is 19.2. The number of nitrogens with zero attached hydrogens (tertiary/aromatic N) is 1. The van der Waals surface area contributed by atoms with Gasteiger partial charge in [0.1, 0.15) is 6.04 Å². The van der Waals surface area contributed by atoms with Crippen molar-refractivity contribution in [3.8, 4) is 0 Å². The van der Waals surface area contributed by atoms with Crippen LogP contribution in [-0.4, -0.2) is 16.7 Å². The summed E-state index contributed by atoms with van der Waals surface area (Å²) in [5.74, 6) is -0.785. The summed E-state index contributed by atoms with van der Waals surface area (Å²) in [7, 11) is 0. The maximum atomic E-state index is 13.6. The van der Waals surface area contributed by atoms with E-state index < -0.39 is 11.9 Å². The fraction of sp³-hybridized carbons (Fsp3) is 0.167. The molecule has 1 aliphatic rings. The van der Waals surface area contributed by atoms with Crippen LogP contribution in [0.4, 0.5) is 0 Å². The molecule has 5 heteroatoms. The number of nitrogens with two attached hydrogens (primary N) is 1. The molecule has 4 rings (SSSR count). The van der Waals surface area contributed by atoms with Crippen LogP contribution in [0.2, 0.25) is 5.02 Å². The Bertz CT molecular complexity index is 1040. The topological polar surface area (TPSA) is 63.4 Å². The van der Waals surface area contributed by atoms with Crippen molar-refractivity contribution in [2.24, 2.45) is 5.73 Å². The van der Waals surface area contributed by atoms with E-state index in [1.54, 1.807) is 17.0 Å². The number of aryl methyl sites for hydroxylation is 1. The molecule has 0 saturated heterocycles. The average molecular weight is 405 g/mol. The highest BCUT2D eigenvalue weighted by Gasteiger charge is 2.39. The Morgan fingerprint density at radius 3 is 2.28 bits per heavy atom. The summed E-state index contributed by atoms with van der Waals surface area (Å²) in [5, 5.41) is 0.609. The first-order valence-electron chi connectivity index (χ1n) is 9.56. The van der Waals surface area contributed by atoms with Gasteiger partial charge in [0.25, 0.3) is 5.91 Å². The summed E-state index contributed by atoms with van der Waals surface area (Å²) in [5.41, 5.74) is 9.17. The van der Waals surface area contributed by atoms with Crippen LogP contribution in [0.3, 0.4) is 0 Å². The van der Waals surface area contributed by atoms with Gasteiger partial charge in [0.2, 0.25) is 5.91 Å². The van der Waals surface area contributed by atoms with E-state index in [1.165, 1.54) is 0 Å². The predicted molar refractivity (Wildman–Crippen MR) is 114 cm³/mol. The molecule has 1 aliphatic carbocycles. The van der Waals surface area contributed by atoms with Gasteiger partial charge in [-0.2, -0.15) is 0 Å². The van der Waals surface area contributed by atoms with Crippen LogP contribution < -0.4 is 5.73 Å². The second-order valence-corrected chi connectivity index (χ2v) is 7.63. The summed E-state index contributed by atoms with van der Waals surface area (Å²) >= 11 is 6.25. The molecule has 4 nitrogen and oxygen atoms in total. The summed E-state index contributed by atoms with van der Waals surface area (Å²) in [6.45, 7) is 0. The van der Waals surface area contributed by atoms with Gasteiger partial charge in [-0.25, -0.2) is 0 Å². The molecule has 2 amide bonds. The highest BCUT2D eigenvalue weighted by atomic mass is 35.5. The number of carbonyl (C=O) groups excluding carboxylic acids is 2. The second-order valence-electron chi connectivity index (χ2n) is 7.19. The third kappa shape index (κ3) is 3.76. The minimum absolute atomic E-state index is 0.226. The molecule has 29 heavy (non-hydrogen) atoms. The summed E-state index contributed by atoms with van der Waals surface area (Å²) < 4.78 is 0. The van der Waals surface area contributed by atoms with Gasteiger partial charge in [0.15, 0.2) is 0 Å². The van der Waals surface area contributed by atoms with Crippen molar-refractivity contribution >= 4 is 23.4 Å². The van der Waals surface area contributed by atoms with Crippen molar-refractivity contribution in [1.29, 1.82) is 0 Å². The molecule has 146 valence electrons. The fourth-order valence-corrected chi connectivity index (χ4v) is 4.29. The molecule has 0 unspecified atom stereocenters. The van der Waals surface area contributed by atoms with Crippen LogP contribution in [0.5, 0.6) is 0 Å². The molecule has 0 spiro atoms. The SMILES string of the molecule is NC(=O)[C@H](c1ccccc1)N(C(=O)c1ccccc1)[C@@H]1CCc2ccc(Cl)cc21. The Balaban J connectivity index is 1.86.